The number of amides is 1. The van der Waals surface area contributed by atoms with Crippen molar-refractivity contribution in [2.45, 2.75) is 12.0 Å². The van der Waals surface area contributed by atoms with E-state index < -0.39 is 30.2 Å². The first-order valence-electron chi connectivity index (χ1n) is 4.55. The Bertz CT molecular complexity index is 448. The van der Waals surface area contributed by atoms with Gasteiger partial charge in [-0.15, -0.1) is 0 Å². The summed E-state index contributed by atoms with van der Waals surface area (Å²) >= 11 is 0. The van der Waals surface area contributed by atoms with Gasteiger partial charge in [0.2, 0.25) is 0 Å². The number of hydrogen-bond donors (Lipinski definition) is 2. The van der Waals surface area contributed by atoms with Gasteiger partial charge in [-0.25, -0.2) is 4.39 Å². The average molecular weight is 231 g/mol. The van der Waals surface area contributed by atoms with Crippen molar-refractivity contribution in [2.75, 3.05) is 12.0 Å². The third-order valence-corrected chi connectivity index (χ3v) is 2.45. The van der Waals surface area contributed by atoms with E-state index in [9.17, 15) is 23.1 Å². The van der Waals surface area contributed by atoms with Crippen molar-refractivity contribution in [3.05, 3.63) is 29.3 Å². The minimum absolute atomic E-state index is 0.0833. The molecule has 1 aliphatic rings. The van der Waals surface area contributed by atoms with Crippen LogP contribution in [0.2, 0.25) is 0 Å². The lowest BCUT2D eigenvalue weighted by Gasteiger charge is -2.14. The Hall–Kier alpha value is -1.56. The van der Waals surface area contributed by atoms with Crippen LogP contribution in [-0.2, 0) is 10.7 Å². The number of rotatable bonds is 2. The van der Waals surface area contributed by atoms with Crippen LogP contribution < -0.4 is 5.32 Å². The maximum atomic E-state index is 13.4. The first-order chi connectivity index (χ1) is 7.48. The molecule has 0 saturated carbocycles. The minimum Gasteiger partial charge on any atom is -0.386 e. The third kappa shape index (κ3) is 1.37. The standard InChI is InChI=1S/C10H8F3NO2/c11-4-7(15)5-2-1-3-6-8(5)10(12,13)9(16)14-6/h1-3,7,15H,4H2,(H,14,16). The van der Waals surface area contributed by atoms with Gasteiger partial charge in [0.25, 0.3) is 5.91 Å². The van der Waals surface area contributed by atoms with Crippen molar-refractivity contribution in [2.24, 2.45) is 0 Å². The molecule has 1 unspecified atom stereocenters. The van der Waals surface area contributed by atoms with Crippen LogP contribution in [0.5, 0.6) is 0 Å². The first kappa shape index (κ1) is 10.9. The van der Waals surface area contributed by atoms with Crippen LogP contribution in [0.1, 0.15) is 17.2 Å². The zero-order valence-electron chi connectivity index (χ0n) is 8.01. The molecule has 1 aliphatic heterocycles. The molecule has 0 bridgehead atoms. The lowest BCUT2D eigenvalue weighted by molar-refractivity contribution is -0.139. The second kappa shape index (κ2) is 3.48. The fourth-order valence-corrected chi connectivity index (χ4v) is 1.70. The van der Waals surface area contributed by atoms with Crippen LogP contribution in [0.3, 0.4) is 0 Å². The zero-order chi connectivity index (χ0) is 11.9. The van der Waals surface area contributed by atoms with Gasteiger partial charge in [0.15, 0.2) is 0 Å². The van der Waals surface area contributed by atoms with E-state index in [1.165, 1.54) is 18.2 Å². The van der Waals surface area contributed by atoms with Crippen molar-refractivity contribution in [3.8, 4) is 0 Å². The smallest absolute Gasteiger partial charge is 0.352 e. The summed E-state index contributed by atoms with van der Waals surface area (Å²) in [4.78, 5) is 11.0. The molecule has 1 amide bonds. The van der Waals surface area contributed by atoms with Crippen LogP contribution in [-0.4, -0.2) is 17.7 Å². The molecule has 0 aromatic heterocycles. The average Bonchev–Trinajstić information content (AvgIpc) is 2.49. The summed E-state index contributed by atoms with van der Waals surface area (Å²) in [5.74, 6) is -5.18. The van der Waals surface area contributed by atoms with Gasteiger partial charge < -0.3 is 10.4 Å². The zero-order valence-corrected chi connectivity index (χ0v) is 8.01. The highest BCUT2D eigenvalue weighted by Gasteiger charge is 2.50. The van der Waals surface area contributed by atoms with Crippen LogP contribution in [0, 0.1) is 0 Å². The molecule has 1 aromatic carbocycles. The van der Waals surface area contributed by atoms with Crippen molar-refractivity contribution in [3.63, 3.8) is 0 Å². The number of aliphatic hydroxyl groups is 1. The molecule has 6 heteroatoms. The molecule has 16 heavy (non-hydrogen) atoms. The number of nitrogens with one attached hydrogen (secondary N) is 1. The van der Waals surface area contributed by atoms with E-state index in [4.69, 9.17) is 0 Å². The molecule has 2 rings (SSSR count). The highest BCUT2D eigenvalue weighted by Crippen LogP contribution is 2.44. The normalized spacial score (nSPS) is 19.1. The molecule has 1 heterocycles. The first-order valence-corrected chi connectivity index (χ1v) is 4.55. The predicted octanol–water partition coefficient (Wildman–Crippen LogP) is 1.73. The highest BCUT2D eigenvalue weighted by molar-refractivity contribution is 6.04. The lowest BCUT2D eigenvalue weighted by atomic mass is 9.98. The highest BCUT2D eigenvalue weighted by atomic mass is 19.3. The number of fused-ring (bicyclic) bond motifs is 1. The second-order valence-electron chi connectivity index (χ2n) is 3.47. The molecular formula is C10H8F3NO2. The van der Waals surface area contributed by atoms with Crippen LogP contribution in [0.15, 0.2) is 18.2 Å². The van der Waals surface area contributed by atoms with E-state index in [-0.39, 0.29) is 11.3 Å². The summed E-state index contributed by atoms with van der Waals surface area (Å²) in [5.41, 5.74) is -0.978. The summed E-state index contributed by atoms with van der Waals surface area (Å²) in [6, 6.07) is 3.83. The predicted molar refractivity (Wildman–Crippen MR) is 49.9 cm³/mol. The summed E-state index contributed by atoms with van der Waals surface area (Å²) < 4.78 is 39.2. The fourth-order valence-electron chi connectivity index (χ4n) is 1.70. The molecular weight excluding hydrogens is 223 g/mol. The van der Waals surface area contributed by atoms with Crippen molar-refractivity contribution < 1.29 is 23.1 Å². The Morgan fingerprint density at radius 1 is 1.44 bits per heavy atom. The van der Waals surface area contributed by atoms with Gasteiger partial charge in [-0.3, -0.25) is 4.79 Å². The molecule has 0 radical (unpaired) electrons. The number of hydrogen-bond acceptors (Lipinski definition) is 2. The Morgan fingerprint density at radius 2 is 2.12 bits per heavy atom. The summed E-state index contributed by atoms with van der Waals surface area (Å²) in [7, 11) is 0. The lowest BCUT2D eigenvalue weighted by Crippen LogP contribution is -2.25. The molecule has 86 valence electrons. The Labute approximate surface area is 88.9 Å². The molecule has 1 aromatic rings. The third-order valence-electron chi connectivity index (χ3n) is 2.45. The number of halogens is 3. The van der Waals surface area contributed by atoms with Gasteiger partial charge in [-0.1, -0.05) is 12.1 Å². The molecule has 2 N–H and O–H groups in total. The van der Waals surface area contributed by atoms with E-state index >= 15 is 0 Å². The molecule has 0 fully saturated rings. The van der Waals surface area contributed by atoms with Gasteiger partial charge in [-0.2, -0.15) is 8.78 Å². The van der Waals surface area contributed by atoms with Crippen molar-refractivity contribution >= 4 is 11.6 Å². The van der Waals surface area contributed by atoms with E-state index in [0.29, 0.717) is 0 Å². The molecule has 0 spiro atoms. The number of benzene rings is 1. The van der Waals surface area contributed by atoms with Gasteiger partial charge in [0.1, 0.15) is 12.8 Å². The van der Waals surface area contributed by atoms with E-state index in [1.54, 1.807) is 0 Å². The van der Waals surface area contributed by atoms with Crippen LogP contribution in [0.4, 0.5) is 18.9 Å². The van der Waals surface area contributed by atoms with E-state index in [2.05, 4.69) is 0 Å². The Morgan fingerprint density at radius 3 is 2.75 bits per heavy atom. The number of aliphatic hydroxyl groups excluding tert-OH is 1. The monoisotopic (exact) mass is 231 g/mol. The molecule has 0 aliphatic carbocycles. The van der Waals surface area contributed by atoms with Gasteiger partial charge in [0.05, 0.1) is 11.3 Å². The SMILES string of the molecule is O=C1Nc2cccc(C(O)CF)c2C1(F)F. The van der Waals surface area contributed by atoms with Crippen LogP contribution in [0.25, 0.3) is 0 Å². The quantitative estimate of drug-likeness (QED) is 0.814. The second-order valence-corrected chi connectivity index (χ2v) is 3.47. The topological polar surface area (TPSA) is 49.3 Å². The molecule has 1 atom stereocenters. The van der Waals surface area contributed by atoms with Crippen molar-refractivity contribution in [1.29, 1.82) is 0 Å². The maximum Gasteiger partial charge on any atom is 0.352 e. The van der Waals surface area contributed by atoms with Crippen LogP contribution >= 0.6 is 0 Å². The summed E-state index contributed by atoms with van der Waals surface area (Å²) in [5, 5.41) is 11.2. The number of carbonyl (C=O) groups is 1. The summed E-state index contributed by atoms with van der Waals surface area (Å²) in [6.45, 7) is -1.18. The summed E-state index contributed by atoms with van der Waals surface area (Å²) in [6.07, 6.45) is -1.64. The minimum atomic E-state index is -3.72. The Kier molecular flexibility index (Phi) is 2.38. The largest absolute Gasteiger partial charge is 0.386 e. The van der Waals surface area contributed by atoms with E-state index in [1.807, 2.05) is 5.32 Å². The number of carbonyl (C=O) groups excluding carboxylic acids is 1. The van der Waals surface area contributed by atoms with Gasteiger partial charge in [-0.05, 0) is 11.6 Å². The van der Waals surface area contributed by atoms with E-state index in [0.717, 1.165) is 0 Å². The maximum absolute atomic E-state index is 13.4. The number of alkyl halides is 3. The van der Waals surface area contributed by atoms with Gasteiger partial charge in [0, 0.05) is 0 Å². The molecule has 3 nitrogen and oxygen atoms in total. The number of anilines is 1. The van der Waals surface area contributed by atoms with Crippen molar-refractivity contribution in [1.82, 2.24) is 0 Å². The Balaban J connectivity index is 2.61. The van der Waals surface area contributed by atoms with Gasteiger partial charge >= 0.3 is 5.92 Å². The fraction of sp³-hybridized carbons (Fsp3) is 0.300. The molecule has 0 saturated heterocycles.